The van der Waals surface area contributed by atoms with Gasteiger partial charge >= 0.3 is 5.69 Å². The van der Waals surface area contributed by atoms with Gasteiger partial charge in [0, 0.05) is 55.8 Å². The van der Waals surface area contributed by atoms with Crippen LogP contribution in [0.3, 0.4) is 0 Å². The quantitative estimate of drug-likeness (QED) is 0.122. The summed E-state index contributed by atoms with van der Waals surface area (Å²) >= 11 is 0. The van der Waals surface area contributed by atoms with Crippen molar-refractivity contribution in [3.63, 3.8) is 0 Å². The molecule has 2 aromatic rings. The zero-order chi connectivity index (χ0) is 71.3. The molecule has 2 aromatic heterocycles. The summed E-state index contributed by atoms with van der Waals surface area (Å²) in [5.74, 6) is -10.9. The van der Waals surface area contributed by atoms with Gasteiger partial charge in [-0.15, -0.1) is 0 Å². The number of carbonyl (C=O) groups is 11. The molecule has 8 N–H and O–H groups in total. The lowest BCUT2D eigenvalue weighted by molar-refractivity contribution is -0.157. The smallest absolute Gasteiger partial charge is 0.327 e. The second-order valence-electron chi connectivity index (χ2n) is 27.8. The number of carbonyl (C=O) groups excluding carboxylic acids is 11. The minimum absolute atomic E-state index is 0.0672. The fraction of sp³-hybridized carbons (Fsp3) is 0.750. The summed E-state index contributed by atoms with van der Waals surface area (Å²) in [6.45, 7) is 26.9. The summed E-state index contributed by atoms with van der Waals surface area (Å²) in [5.41, 5.74) is -1.73. The lowest BCUT2D eigenvalue weighted by atomic mass is 9.91. The van der Waals surface area contributed by atoms with E-state index < -0.39 is 167 Å². The van der Waals surface area contributed by atoms with Gasteiger partial charge in [0.05, 0.1) is 12.6 Å². The maximum Gasteiger partial charge on any atom is 0.327 e. The van der Waals surface area contributed by atoms with Gasteiger partial charge in [0.2, 0.25) is 65.0 Å². The summed E-state index contributed by atoms with van der Waals surface area (Å²) < 4.78 is 0. The predicted octanol–water partition coefficient (Wildman–Crippen LogP) is 0.798. The van der Waals surface area contributed by atoms with Gasteiger partial charge in [0.15, 0.2) is 5.65 Å². The van der Waals surface area contributed by atoms with Crippen LogP contribution in [-0.4, -0.2) is 247 Å². The molecule has 0 unspecified atom stereocenters. The average molecular weight is 1310 g/mol. The van der Waals surface area contributed by atoms with Crippen molar-refractivity contribution >= 4 is 76.1 Å². The van der Waals surface area contributed by atoms with Gasteiger partial charge in [0.25, 0.3) is 5.56 Å². The summed E-state index contributed by atoms with van der Waals surface area (Å²) in [6, 6.07) is -13.1. The van der Waals surface area contributed by atoms with Crippen molar-refractivity contribution in [3.05, 3.63) is 26.7 Å². The molecule has 0 aromatic carbocycles. The Morgan fingerprint density at radius 1 is 0.462 bits per heavy atom. The van der Waals surface area contributed by atoms with E-state index in [0.29, 0.717) is 0 Å². The molecule has 0 aliphatic carbocycles. The number of aromatic nitrogens is 4. The lowest BCUT2D eigenvalue weighted by Gasteiger charge is -2.41. The molecule has 1 aliphatic heterocycles. The highest BCUT2D eigenvalue weighted by Gasteiger charge is 2.46. The van der Waals surface area contributed by atoms with E-state index in [-0.39, 0.29) is 79.2 Å². The monoisotopic (exact) mass is 1310 g/mol. The third kappa shape index (κ3) is 20.6. The van der Waals surface area contributed by atoms with Crippen LogP contribution >= 0.6 is 0 Å². The predicted molar refractivity (Wildman–Crippen MR) is 350 cm³/mol. The Bertz CT molecular complexity index is 3100. The lowest BCUT2D eigenvalue weighted by Crippen LogP contribution is -2.63. The van der Waals surface area contributed by atoms with Crippen molar-refractivity contribution < 1.29 is 57.8 Å². The highest BCUT2D eigenvalue weighted by atomic mass is 16.3. The van der Waals surface area contributed by atoms with Crippen LogP contribution in [0.5, 0.6) is 0 Å². The van der Waals surface area contributed by atoms with Crippen molar-refractivity contribution in [1.82, 2.24) is 75.5 Å². The van der Waals surface area contributed by atoms with Crippen molar-refractivity contribution in [2.24, 2.45) is 41.4 Å². The fourth-order valence-corrected chi connectivity index (χ4v) is 11.7. The van der Waals surface area contributed by atoms with Crippen LogP contribution in [0.1, 0.15) is 149 Å². The van der Waals surface area contributed by atoms with E-state index in [2.05, 4.69) is 41.2 Å². The number of hydrogen-bond acceptors (Lipinski definition) is 15. The zero-order valence-electron chi connectivity index (χ0n) is 59.2. The molecule has 11 amide bonds. The largest absolute Gasteiger partial charge is 0.390 e. The van der Waals surface area contributed by atoms with Crippen molar-refractivity contribution in [3.8, 4) is 0 Å². The number of hydrogen-bond donors (Lipinski definition) is 8. The van der Waals surface area contributed by atoms with Crippen LogP contribution in [0.25, 0.3) is 11.2 Å². The number of fused-ring (bicyclic) bond motifs is 1. The van der Waals surface area contributed by atoms with Gasteiger partial charge < -0.3 is 65.7 Å². The Kier molecular flexibility index (Phi) is 29.4. The topological polar surface area (TPSA) is 373 Å². The van der Waals surface area contributed by atoms with E-state index in [1.807, 2.05) is 55.4 Å². The van der Waals surface area contributed by atoms with Gasteiger partial charge in [-0.2, -0.15) is 0 Å². The summed E-state index contributed by atoms with van der Waals surface area (Å²) in [5, 5.41) is 23.4. The van der Waals surface area contributed by atoms with Crippen LogP contribution in [-0.2, 0) is 59.2 Å². The van der Waals surface area contributed by atoms with E-state index in [4.69, 9.17) is 0 Å². The molecule has 93 heavy (non-hydrogen) atoms. The maximum atomic E-state index is 15.4. The number of nitrogens with zero attached hydrogens (tertiary/aromatic N) is 8. The van der Waals surface area contributed by atoms with E-state index in [0.717, 1.165) is 9.80 Å². The number of aliphatic hydroxyl groups is 1. The van der Waals surface area contributed by atoms with Crippen LogP contribution < -0.4 is 32.5 Å². The molecule has 3 heterocycles. The first-order valence-electron chi connectivity index (χ1n) is 32.5. The molecule has 29 nitrogen and oxygen atoms in total. The molecule has 29 heteroatoms. The SMILES string of the molecule is CC[C@@H]1NC(=O)[C@H]([C@H](O)[C@H](C)Cc2nc3[nH]c(=O)[nH]c(=O)c3[nH]2)N(C)C(=O)[C@H](C(C)C)N(C)C(=O)[C@H](CC(C)C)N(C)C(=O)[C@H](CC(C)C)N(C)C(=O)[C@@H](C)NC(=O)[C@H](C)NC(=O)[C@H](CC(C)C)N(C)C(=O)[C@H](C(C)C)NC(=O)[C@H](CC(C)C)N(C)C(=O)CN(C)C1=O. The third-order valence-corrected chi connectivity index (χ3v) is 17.3. The van der Waals surface area contributed by atoms with Crippen LogP contribution in [0, 0.1) is 41.4 Å². The van der Waals surface area contributed by atoms with Gasteiger partial charge in [-0.1, -0.05) is 96.9 Å². The maximum absolute atomic E-state index is 15.4. The van der Waals surface area contributed by atoms with Crippen molar-refractivity contribution in [1.29, 1.82) is 0 Å². The number of aromatic amines is 3. The Balaban J connectivity index is 2.33. The first-order valence-corrected chi connectivity index (χ1v) is 32.5. The number of rotatable bonds is 15. The molecule has 0 spiro atoms. The molecular formula is C64H109N15O14. The Morgan fingerprint density at radius 3 is 1.41 bits per heavy atom. The number of aliphatic hydroxyl groups excluding tert-OH is 1. The summed E-state index contributed by atoms with van der Waals surface area (Å²) in [4.78, 5) is 206. The minimum atomic E-state index is -1.83. The molecule has 1 aliphatic rings. The van der Waals surface area contributed by atoms with Crippen LogP contribution in [0.2, 0.25) is 0 Å². The molecule has 3 rings (SSSR count). The summed E-state index contributed by atoms with van der Waals surface area (Å²) in [7, 11) is 9.61. The molecule has 12 atom stereocenters. The summed E-state index contributed by atoms with van der Waals surface area (Å²) in [6.07, 6.45) is -1.56. The minimum Gasteiger partial charge on any atom is -0.390 e. The molecule has 1 fully saturated rings. The van der Waals surface area contributed by atoms with Gasteiger partial charge in [-0.3, -0.25) is 67.5 Å². The molecule has 1 saturated heterocycles. The second kappa shape index (κ2) is 34.4. The standard InChI is InChI=1S/C64H109N15O14/c1-24-40-59(88)73(17)30-46(80)74(18)41(25-31(2)3)55(84)70-47(35(10)11)62(91)75(19)42(26-32(4)5)54(83)65-38(15)53(82)66-39(16)58(87)76(20)43(27-33(6)7)60(89)77(21)44(28-34(8)9)61(90)78(22)49(36(12)13)63(92)79(23)50(57(86)67-40)51(81)37(14)29-45-68-48-52(69-45)71-64(93)72-56(48)85/h31-44,47,49-51,81H,24-30H2,1-23H3,(H,65,83)(H,66,82)(H,67,86)(H,70,84)(H3,68,69,71,72,85,93)/t37-,38+,39-,40+,41+,42+,43+,44+,47+,49+,50+,51-/m1/s1. The number of nitrogens with one attached hydrogen (secondary N) is 7. The normalized spacial score (nSPS) is 25.6. The van der Waals surface area contributed by atoms with Gasteiger partial charge in [-0.25, -0.2) is 9.78 Å². The number of H-pyrrole nitrogens is 3. The third-order valence-electron chi connectivity index (χ3n) is 17.3. The Morgan fingerprint density at radius 2 is 0.914 bits per heavy atom. The number of imidazole rings is 1. The van der Waals surface area contributed by atoms with Crippen LogP contribution in [0.4, 0.5) is 0 Å². The average Bonchev–Trinajstić information content (AvgIpc) is 1.71. The van der Waals surface area contributed by atoms with E-state index >= 15 is 19.2 Å². The molecule has 0 radical (unpaired) electrons. The second-order valence-corrected chi connectivity index (χ2v) is 27.8. The van der Waals surface area contributed by atoms with Gasteiger partial charge in [0.1, 0.15) is 71.8 Å². The first-order chi connectivity index (χ1) is 43.0. The van der Waals surface area contributed by atoms with Gasteiger partial charge in [-0.05, 0) is 87.4 Å². The molecule has 524 valence electrons. The highest BCUT2D eigenvalue weighted by Crippen LogP contribution is 2.26. The van der Waals surface area contributed by atoms with E-state index in [9.17, 15) is 48.3 Å². The van der Waals surface area contributed by atoms with Crippen molar-refractivity contribution in [2.45, 2.75) is 216 Å². The molecule has 0 bridgehead atoms. The number of likely N-dealkylation sites (N-methyl/N-ethyl adjacent to an activating group) is 7. The van der Waals surface area contributed by atoms with Crippen molar-refractivity contribution in [2.75, 3.05) is 55.9 Å². The van der Waals surface area contributed by atoms with E-state index in [1.165, 1.54) is 87.7 Å². The Labute approximate surface area is 547 Å². The van der Waals surface area contributed by atoms with E-state index in [1.54, 1.807) is 41.5 Å². The highest BCUT2D eigenvalue weighted by molar-refractivity contribution is 5.99. The first kappa shape index (κ1) is 79.5. The number of amides is 11. The zero-order valence-corrected chi connectivity index (χ0v) is 59.2. The molecule has 0 saturated carbocycles. The van der Waals surface area contributed by atoms with Crippen LogP contribution in [0.15, 0.2) is 9.59 Å². The molecular weight excluding hydrogens is 1200 g/mol. The Hall–Kier alpha value is -7.72. The fourth-order valence-electron chi connectivity index (χ4n) is 11.7.